The van der Waals surface area contributed by atoms with Crippen LogP contribution in [0.4, 0.5) is 0 Å². The van der Waals surface area contributed by atoms with E-state index in [1.165, 1.54) is 37.0 Å². The molecule has 3 heteroatoms. The molecule has 1 aromatic rings. The van der Waals surface area contributed by atoms with Crippen LogP contribution in [-0.4, -0.2) is 16.8 Å². The fraction of sp³-hybridized carbons (Fsp3) is 0.533. The summed E-state index contributed by atoms with van der Waals surface area (Å²) in [7, 11) is 0. The van der Waals surface area contributed by atoms with Crippen LogP contribution in [0.3, 0.4) is 0 Å². The van der Waals surface area contributed by atoms with Gasteiger partial charge in [0.25, 0.3) is 0 Å². The Morgan fingerprint density at radius 3 is 2.56 bits per heavy atom. The van der Waals surface area contributed by atoms with Gasteiger partial charge in [0.2, 0.25) is 0 Å². The molecule has 0 aliphatic carbocycles. The van der Waals surface area contributed by atoms with E-state index < -0.39 is 5.97 Å². The molecule has 1 aromatic carbocycles. The summed E-state index contributed by atoms with van der Waals surface area (Å²) in [6.07, 6.45) is 6.48. The maximum absolute atomic E-state index is 10.9. The number of unbranched alkanes of at least 4 members (excludes halogenated alkanes) is 4. The van der Waals surface area contributed by atoms with Crippen molar-refractivity contribution in [3.05, 3.63) is 29.3 Å². The van der Waals surface area contributed by atoms with E-state index in [9.17, 15) is 4.79 Å². The molecule has 18 heavy (non-hydrogen) atoms. The summed E-state index contributed by atoms with van der Waals surface area (Å²) < 4.78 is 0. The molecule has 0 atom stereocenters. The Bertz CT molecular complexity index is 388. The van der Waals surface area contributed by atoms with Crippen molar-refractivity contribution >= 4 is 17.7 Å². The van der Waals surface area contributed by atoms with Crippen molar-refractivity contribution in [2.24, 2.45) is 0 Å². The van der Waals surface area contributed by atoms with Crippen molar-refractivity contribution in [1.29, 1.82) is 0 Å². The smallest absolute Gasteiger partial charge is 0.335 e. The van der Waals surface area contributed by atoms with E-state index in [2.05, 4.69) is 6.92 Å². The Balaban J connectivity index is 2.35. The molecule has 100 valence electrons. The minimum absolute atomic E-state index is 0.405. The molecule has 0 heterocycles. The molecule has 1 rings (SSSR count). The molecular formula is C15H22O2S. The number of aryl methyl sites for hydroxylation is 1. The fourth-order valence-electron chi connectivity index (χ4n) is 1.86. The van der Waals surface area contributed by atoms with Gasteiger partial charge in [0.05, 0.1) is 5.56 Å². The first kappa shape index (κ1) is 15.1. The van der Waals surface area contributed by atoms with Gasteiger partial charge in [0.1, 0.15) is 0 Å². The van der Waals surface area contributed by atoms with Crippen LogP contribution in [0.15, 0.2) is 23.1 Å². The minimum Gasteiger partial charge on any atom is -0.478 e. The highest BCUT2D eigenvalue weighted by Crippen LogP contribution is 2.22. The lowest BCUT2D eigenvalue weighted by Crippen LogP contribution is -1.99. The van der Waals surface area contributed by atoms with Crippen LogP contribution in [-0.2, 0) is 0 Å². The van der Waals surface area contributed by atoms with E-state index >= 15 is 0 Å². The second-order valence-corrected chi connectivity index (χ2v) is 5.71. The van der Waals surface area contributed by atoms with E-state index in [1.54, 1.807) is 6.07 Å². The lowest BCUT2D eigenvalue weighted by Gasteiger charge is -2.05. The van der Waals surface area contributed by atoms with E-state index in [-0.39, 0.29) is 0 Å². The number of aromatic carboxylic acids is 1. The summed E-state index contributed by atoms with van der Waals surface area (Å²) in [5, 5.41) is 8.95. The number of hydrogen-bond acceptors (Lipinski definition) is 2. The second kappa shape index (κ2) is 8.20. The molecule has 0 saturated heterocycles. The summed E-state index contributed by atoms with van der Waals surface area (Å²) in [6, 6.07) is 5.59. The number of carboxylic acids is 1. The van der Waals surface area contributed by atoms with Crippen LogP contribution in [0.2, 0.25) is 0 Å². The zero-order chi connectivity index (χ0) is 13.4. The zero-order valence-corrected chi connectivity index (χ0v) is 12.1. The third-order valence-electron chi connectivity index (χ3n) is 2.94. The van der Waals surface area contributed by atoms with Crippen LogP contribution in [0.1, 0.15) is 54.9 Å². The summed E-state index contributed by atoms with van der Waals surface area (Å²) in [6.45, 7) is 4.08. The largest absolute Gasteiger partial charge is 0.478 e. The van der Waals surface area contributed by atoms with E-state index in [0.29, 0.717) is 5.56 Å². The van der Waals surface area contributed by atoms with Gasteiger partial charge < -0.3 is 5.11 Å². The van der Waals surface area contributed by atoms with Gasteiger partial charge in [-0.25, -0.2) is 4.79 Å². The van der Waals surface area contributed by atoms with Crippen molar-refractivity contribution < 1.29 is 9.90 Å². The fourth-order valence-corrected chi connectivity index (χ4v) is 2.87. The molecule has 0 spiro atoms. The van der Waals surface area contributed by atoms with Crippen molar-refractivity contribution in [3.63, 3.8) is 0 Å². The van der Waals surface area contributed by atoms with Gasteiger partial charge in [-0.2, -0.15) is 0 Å². The number of thioether (sulfide) groups is 1. The highest BCUT2D eigenvalue weighted by Gasteiger charge is 2.06. The van der Waals surface area contributed by atoms with Crippen LogP contribution in [0.25, 0.3) is 0 Å². The molecule has 0 unspecified atom stereocenters. The first-order valence-corrected chi connectivity index (χ1v) is 7.60. The van der Waals surface area contributed by atoms with Gasteiger partial charge >= 0.3 is 5.97 Å². The van der Waals surface area contributed by atoms with Gasteiger partial charge in [-0.3, -0.25) is 0 Å². The number of carbonyl (C=O) groups is 1. The highest BCUT2D eigenvalue weighted by molar-refractivity contribution is 7.99. The summed E-state index contributed by atoms with van der Waals surface area (Å²) in [5.41, 5.74) is 1.25. The Morgan fingerprint density at radius 2 is 1.94 bits per heavy atom. The number of hydrogen-bond donors (Lipinski definition) is 1. The quantitative estimate of drug-likeness (QED) is 0.544. The maximum atomic E-state index is 10.9. The second-order valence-electron chi connectivity index (χ2n) is 4.54. The van der Waals surface area contributed by atoms with Crippen LogP contribution in [0.5, 0.6) is 0 Å². The Labute approximate surface area is 114 Å². The SMILES string of the molecule is CCCCCCCSc1ccc(C(=O)O)c(C)c1. The van der Waals surface area contributed by atoms with Crippen molar-refractivity contribution in [3.8, 4) is 0 Å². The molecule has 0 aromatic heterocycles. The molecule has 1 N–H and O–H groups in total. The molecule has 0 fully saturated rings. The normalized spacial score (nSPS) is 10.6. The summed E-state index contributed by atoms with van der Waals surface area (Å²) in [4.78, 5) is 12.1. The molecule has 0 aliphatic rings. The van der Waals surface area contributed by atoms with E-state index in [4.69, 9.17) is 5.11 Å². The monoisotopic (exact) mass is 266 g/mol. The van der Waals surface area contributed by atoms with Gasteiger partial charge in [-0.1, -0.05) is 32.6 Å². The van der Waals surface area contributed by atoms with Gasteiger partial charge in [0, 0.05) is 4.90 Å². The Kier molecular flexibility index (Phi) is 6.88. The topological polar surface area (TPSA) is 37.3 Å². The Morgan fingerprint density at radius 1 is 1.22 bits per heavy atom. The third-order valence-corrected chi connectivity index (χ3v) is 4.02. The predicted octanol–water partition coefficient (Wildman–Crippen LogP) is 4.76. The van der Waals surface area contributed by atoms with Gasteiger partial charge in [-0.05, 0) is 42.9 Å². The summed E-state index contributed by atoms with van der Waals surface area (Å²) in [5.74, 6) is 0.277. The molecule has 2 nitrogen and oxygen atoms in total. The number of carboxylic acid groups (broad SMARTS) is 1. The average Bonchev–Trinajstić information content (AvgIpc) is 2.33. The maximum Gasteiger partial charge on any atom is 0.335 e. The first-order valence-electron chi connectivity index (χ1n) is 6.62. The lowest BCUT2D eigenvalue weighted by atomic mass is 10.1. The minimum atomic E-state index is -0.844. The van der Waals surface area contributed by atoms with Crippen molar-refractivity contribution in [2.75, 3.05) is 5.75 Å². The Hall–Kier alpha value is -0.960. The number of rotatable bonds is 8. The zero-order valence-electron chi connectivity index (χ0n) is 11.2. The van der Waals surface area contributed by atoms with Gasteiger partial charge in [0.15, 0.2) is 0 Å². The van der Waals surface area contributed by atoms with Crippen molar-refractivity contribution in [2.45, 2.75) is 50.8 Å². The predicted molar refractivity (Wildman–Crippen MR) is 77.6 cm³/mol. The standard InChI is InChI=1S/C15H22O2S/c1-3-4-5-6-7-10-18-13-8-9-14(15(16)17)12(2)11-13/h8-9,11H,3-7,10H2,1-2H3,(H,16,17). The molecule has 0 aliphatic heterocycles. The molecular weight excluding hydrogens is 244 g/mol. The molecule has 0 radical (unpaired) electrons. The average molecular weight is 266 g/mol. The third kappa shape index (κ3) is 5.13. The highest BCUT2D eigenvalue weighted by atomic mass is 32.2. The van der Waals surface area contributed by atoms with Crippen LogP contribution in [0, 0.1) is 6.92 Å². The van der Waals surface area contributed by atoms with E-state index in [1.807, 2.05) is 30.8 Å². The van der Waals surface area contributed by atoms with Crippen LogP contribution >= 0.6 is 11.8 Å². The molecule has 0 saturated carbocycles. The van der Waals surface area contributed by atoms with E-state index in [0.717, 1.165) is 11.3 Å². The van der Waals surface area contributed by atoms with Crippen LogP contribution < -0.4 is 0 Å². The number of benzene rings is 1. The van der Waals surface area contributed by atoms with Gasteiger partial charge in [-0.15, -0.1) is 11.8 Å². The first-order chi connectivity index (χ1) is 8.65. The lowest BCUT2D eigenvalue weighted by molar-refractivity contribution is 0.0696. The molecule has 0 amide bonds. The molecule has 0 bridgehead atoms. The summed E-state index contributed by atoms with van der Waals surface area (Å²) >= 11 is 1.82. The van der Waals surface area contributed by atoms with Crippen molar-refractivity contribution in [1.82, 2.24) is 0 Å².